The molecule has 1 aliphatic heterocycles. The van der Waals surface area contributed by atoms with Crippen molar-refractivity contribution < 1.29 is 18.7 Å². The maximum absolute atomic E-state index is 13.4. The highest BCUT2D eigenvalue weighted by atomic mass is 19.1. The second kappa shape index (κ2) is 8.41. The van der Waals surface area contributed by atoms with Gasteiger partial charge < -0.3 is 9.14 Å². The molecule has 172 valence electrons. The zero-order valence-corrected chi connectivity index (χ0v) is 19.0. The lowest BCUT2D eigenvalue weighted by atomic mass is 9.90. The van der Waals surface area contributed by atoms with E-state index >= 15 is 0 Å². The SMILES string of the molecule is CC1(C)CN(C(=O)OCc2ccccc2)c2cc(Cc3ccc(F)cc3)c3nc(C=O)cn3c21. The molecule has 0 unspecified atom stereocenters. The van der Waals surface area contributed by atoms with Crippen LogP contribution in [0.4, 0.5) is 14.9 Å². The van der Waals surface area contributed by atoms with Gasteiger partial charge in [-0.15, -0.1) is 0 Å². The molecule has 3 heterocycles. The number of aldehydes is 1. The molecule has 2 aromatic heterocycles. The average Bonchev–Trinajstić information content (AvgIpc) is 3.38. The van der Waals surface area contributed by atoms with Crippen molar-refractivity contribution in [2.24, 2.45) is 0 Å². The number of benzene rings is 2. The highest BCUT2D eigenvalue weighted by Crippen LogP contribution is 2.42. The van der Waals surface area contributed by atoms with E-state index in [0.29, 0.717) is 24.3 Å². The van der Waals surface area contributed by atoms with Crippen molar-refractivity contribution in [3.63, 3.8) is 0 Å². The smallest absolute Gasteiger partial charge is 0.414 e. The molecule has 5 rings (SSSR count). The topological polar surface area (TPSA) is 63.9 Å². The molecule has 0 radical (unpaired) electrons. The van der Waals surface area contributed by atoms with E-state index in [0.717, 1.165) is 34.4 Å². The minimum absolute atomic E-state index is 0.178. The van der Waals surface area contributed by atoms with Crippen LogP contribution in [-0.2, 0) is 23.2 Å². The number of pyridine rings is 1. The van der Waals surface area contributed by atoms with Gasteiger partial charge >= 0.3 is 6.09 Å². The molecule has 0 bridgehead atoms. The Balaban J connectivity index is 1.56. The molecule has 34 heavy (non-hydrogen) atoms. The predicted molar refractivity (Wildman–Crippen MR) is 127 cm³/mol. The molecular formula is C27H24FN3O3. The molecule has 0 saturated heterocycles. The second-order valence-corrected chi connectivity index (χ2v) is 9.19. The molecule has 0 atom stereocenters. The number of nitrogens with zero attached hydrogens (tertiary/aromatic N) is 3. The van der Waals surface area contributed by atoms with E-state index < -0.39 is 11.5 Å². The van der Waals surface area contributed by atoms with Crippen LogP contribution in [0.5, 0.6) is 0 Å². The Labute approximate surface area is 196 Å². The molecule has 6 nitrogen and oxygen atoms in total. The Morgan fingerprint density at radius 3 is 2.56 bits per heavy atom. The highest BCUT2D eigenvalue weighted by Gasteiger charge is 2.41. The Morgan fingerprint density at radius 2 is 1.85 bits per heavy atom. The van der Waals surface area contributed by atoms with E-state index in [1.165, 1.54) is 12.1 Å². The van der Waals surface area contributed by atoms with Crippen molar-refractivity contribution in [3.8, 4) is 0 Å². The van der Waals surface area contributed by atoms with E-state index in [9.17, 15) is 14.0 Å². The number of imidazole rings is 1. The molecule has 1 amide bonds. The first-order valence-electron chi connectivity index (χ1n) is 11.1. The lowest BCUT2D eigenvalue weighted by Gasteiger charge is -2.20. The van der Waals surface area contributed by atoms with Crippen molar-refractivity contribution in [2.45, 2.75) is 32.3 Å². The first-order chi connectivity index (χ1) is 16.4. The molecule has 2 aromatic carbocycles. The van der Waals surface area contributed by atoms with Gasteiger partial charge in [0.1, 0.15) is 23.8 Å². The van der Waals surface area contributed by atoms with Gasteiger partial charge in [-0.3, -0.25) is 9.69 Å². The van der Waals surface area contributed by atoms with Crippen LogP contribution < -0.4 is 4.90 Å². The van der Waals surface area contributed by atoms with E-state index in [1.54, 1.807) is 23.2 Å². The molecule has 0 N–H and O–H groups in total. The number of amides is 1. The lowest BCUT2D eigenvalue weighted by molar-refractivity contribution is 0.111. The molecule has 0 fully saturated rings. The van der Waals surface area contributed by atoms with Gasteiger partial charge in [-0.05, 0) is 29.3 Å². The maximum Gasteiger partial charge on any atom is 0.414 e. The number of halogens is 1. The molecule has 4 aromatic rings. The third kappa shape index (κ3) is 3.94. The summed E-state index contributed by atoms with van der Waals surface area (Å²) in [7, 11) is 0. The fraction of sp³-hybridized carbons (Fsp3) is 0.222. The monoisotopic (exact) mass is 457 g/mol. The normalized spacial score (nSPS) is 14.3. The van der Waals surface area contributed by atoms with Crippen molar-refractivity contribution in [1.29, 1.82) is 0 Å². The minimum Gasteiger partial charge on any atom is -0.444 e. The summed E-state index contributed by atoms with van der Waals surface area (Å²) in [5.41, 5.74) is 4.82. The van der Waals surface area contributed by atoms with Crippen LogP contribution in [0, 0.1) is 5.82 Å². The zero-order chi connectivity index (χ0) is 23.9. The quantitative estimate of drug-likeness (QED) is 0.381. The number of carbonyl (C=O) groups excluding carboxylic acids is 2. The van der Waals surface area contributed by atoms with Crippen LogP contribution in [0.15, 0.2) is 66.9 Å². The van der Waals surface area contributed by atoms with Gasteiger partial charge in [-0.25, -0.2) is 14.2 Å². The van der Waals surface area contributed by atoms with Gasteiger partial charge in [0, 0.05) is 30.1 Å². The number of ether oxygens (including phenoxy) is 1. The summed E-state index contributed by atoms with van der Waals surface area (Å²) in [5.74, 6) is -0.305. The second-order valence-electron chi connectivity index (χ2n) is 9.19. The number of hydrogen-bond donors (Lipinski definition) is 0. The molecular weight excluding hydrogens is 433 g/mol. The van der Waals surface area contributed by atoms with Crippen molar-refractivity contribution >= 4 is 23.7 Å². The van der Waals surface area contributed by atoms with Gasteiger partial charge in [-0.2, -0.15) is 0 Å². The Bertz CT molecular complexity index is 1380. The first kappa shape index (κ1) is 21.8. The summed E-state index contributed by atoms with van der Waals surface area (Å²) in [5, 5.41) is 0. The van der Waals surface area contributed by atoms with E-state index in [2.05, 4.69) is 18.8 Å². The van der Waals surface area contributed by atoms with Gasteiger partial charge in [0.25, 0.3) is 0 Å². The molecule has 7 heteroatoms. The largest absolute Gasteiger partial charge is 0.444 e. The molecule has 1 aliphatic rings. The summed E-state index contributed by atoms with van der Waals surface area (Å²) in [6, 6.07) is 17.7. The third-order valence-corrected chi connectivity index (χ3v) is 6.15. The number of hydrogen-bond acceptors (Lipinski definition) is 4. The summed E-state index contributed by atoms with van der Waals surface area (Å²) in [6.07, 6.45) is 2.46. The number of aromatic nitrogens is 2. The van der Waals surface area contributed by atoms with E-state index in [1.807, 2.05) is 40.8 Å². The molecule has 0 saturated carbocycles. The van der Waals surface area contributed by atoms with Gasteiger partial charge in [-0.1, -0.05) is 56.3 Å². The van der Waals surface area contributed by atoms with Crippen molar-refractivity contribution in [2.75, 3.05) is 11.4 Å². The molecule has 0 spiro atoms. The number of fused-ring (bicyclic) bond motifs is 3. The number of carbonyl (C=O) groups is 2. The average molecular weight is 458 g/mol. The highest BCUT2D eigenvalue weighted by molar-refractivity contribution is 5.92. The van der Waals surface area contributed by atoms with Crippen LogP contribution in [0.3, 0.4) is 0 Å². The van der Waals surface area contributed by atoms with E-state index in [4.69, 9.17) is 4.74 Å². The van der Waals surface area contributed by atoms with Crippen LogP contribution in [0.25, 0.3) is 5.65 Å². The summed E-state index contributed by atoms with van der Waals surface area (Å²) < 4.78 is 21.0. The fourth-order valence-electron chi connectivity index (χ4n) is 4.62. The number of rotatable bonds is 5. The van der Waals surface area contributed by atoms with Crippen molar-refractivity contribution in [3.05, 3.63) is 101 Å². The van der Waals surface area contributed by atoms with E-state index in [-0.39, 0.29) is 12.4 Å². The summed E-state index contributed by atoms with van der Waals surface area (Å²) in [4.78, 5) is 30.9. The minimum atomic E-state index is -0.432. The van der Waals surface area contributed by atoms with Gasteiger partial charge in [0.15, 0.2) is 6.29 Å². The van der Waals surface area contributed by atoms with Crippen LogP contribution in [0.1, 0.15) is 46.7 Å². The van der Waals surface area contributed by atoms with Crippen molar-refractivity contribution in [1.82, 2.24) is 9.38 Å². The first-order valence-corrected chi connectivity index (χ1v) is 11.1. The zero-order valence-electron chi connectivity index (χ0n) is 19.0. The van der Waals surface area contributed by atoms with Gasteiger partial charge in [0.05, 0.1) is 11.4 Å². The Hall–Kier alpha value is -4.00. The van der Waals surface area contributed by atoms with Crippen LogP contribution in [0.2, 0.25) is 0 Å². The molecule has 0 aliphatic carbocycles. The number of anilines is 1. The Kier molecular flexibility index (Phi) is 5.40. The predicted octanol–water partition coefficient (Wildman–Crippen LogP) is 5.31. The van der Waals surface area contributed by atoms with Crippen LogP contribution >= 0.6 is 0 Å². The van der Waals surface area contributed by atoms with Gasteiger partial charge in [0.2, 0.25) is 0 Å². The lowest BCUT2D eigenvalue weighted by Crippen LogP contribution is -2.34. The maximum atomic E-state index is 13.4. The Morgan fingerprint density at radius 1 is 1.12 bits per heavy atom. The standard InChI is InChI=1S/C27H24FN3O3/c1-27(2)17-31(26(33)34-16-19-6-4-3-5-7-19)23-13-20(12-18-8-10-21(28)11-9-18)25-29-22(15-32)14-30(25)24(23)27/h3-11,13-15H,12,16-17H2,1-2H3. The summed E-state index contributed by atoms with van der Waals surface area (Å²) >= 11 is 0. The fourth-order valence-corrected chi connectivity index (χ4v) is 4.62. The summed E-state index contributed by atoms with van der Waals surface area (Å²) in [6.45, 7) is 4.71. The third-order valence-electron chi connectivity index (χ3n) is 6.15. The van der Waals surface area contributed by atoms with Crippen LogP contribution in [-0.4, -0.2) is 28.3 Å².